The zero-order valence-electron chi connectivity index (χ0n) is 13.7. The Labute approximate surface area is 150 Å². The van der Waals surface area contributed by atoms with Gasteiger partial charge in [0.1, 0.15) is 0 Å². The minimum Gasteiger partial charge on any atom is -0.330 e. The van der Waals surface area contributed by atoms with E-state index in [2.05, 4.69) is 15.0 Å². The third kappa shape index (κ3) is 3.30. The summed E-state index contributed by atoms with van der Waals surface area (Å²) in [4.78, 5) is 29.1. The molecule has 5 nitrogen and oxygen atoms in total. The van der Waals surface area contributed by atoms with E-state index in [1.54, 1.807) is 29.9 Å². The molecule has 126 valence electrons. The Morgan fingerprint density at radius 2 is 1.96 bits per heavy atom. The van der Waals surface area contributed by atoms with E-state index < -0.39 is 0 Å². The lowest BCUT2D eigenvalue weighted by atomic mass is 9.98. The SMILES string of the molecule is O=C(c1cnc(-c2cccs2)nc1)N1CCCC[C@@H]1c1ccccn1. The van der Waals surface area contributed by atoms with Crippen LogP contribution in [0.25, 0.3) is 10.7 Å². The van der Waals surface area contributed by atoms with Crippen molar-refractivity contribution in [2.45, 2.75) is 25.3 Å². The average molecular weight is 350 g/mol. The number of carbonyl (C=O) groups is 1. The van der Waals surface area contributed by atoms with Crippen molar-refractivity contribution in [3.63, 3.8) is 0 Å². The Morgan fingerprint density at radius 3 is 2.68 bits per heavy atom. The van der Waals surface area contributed by atoms with Crippen molar-refractivity contribution in [2.24, 2.45) is 0 Å². The fraction of sp³-hybridized carbons (Fsp3) is 0.263. The number of likely N-dealkylation sites (tertiary alicyclic amines) is 1. The predicted octanol–water partition coefficient (Wildman–Crippen LogP) is 3.97. The third-order valence-corrected chi connectivity index (χ3v) is 5.30. The van der Waals surface area contributed by atoms with E-state index in [4.69, 9.17) is 0 Å². The van der Waals surface area contributed by atoms with Gasteiger partial charge in [-0.1, -0.05) is 12.1 Å². The topological polar surface area (TPSA) is 59.0 Å². The Bertz CT molecular complexity index is 834. The van der Waals surface area contributed by atoms with Crippen LogP contribution in [0.4, 0.5) is 0 Å². The van der Waals surface area contributed by atoms with E-state index in [9.17, 15) is 4.79 Å². The van der Waals surface area contributed by atoms with Crippen molar-refractivity contribution < 1.29 is 4.79 Å². The standard InChI is InChI=1S/C19H18N4OS/c24-19(14-12-21-18(22-13-14)17-8-5-11-25-17)23-10-4-2-7-16(23)15-6-1-3-9-20-15/h1,3,5-6,8-9,11-13,16H,2,4,7,10H2/t16-/m1/s1. The first-order valence-corrected chi connectivity index (χ1v) is 9.29. The molecule has 1 fully saturated rings. The maximum absolute atomic E-state index is 13.0. The highest BCUT2D eigenvalue weighted by Crippen LogP contribution is 2.31. The first-order chi connectivity index (χ1) is 12.3. The lowest BCUT2D eigenvalue weighted by Gasteiger charge is -2.35. The fourth-order valence-electron chi connectivity index (χ4n) is 3.19. The number of carbonyl (C=O) groups excluding carboxylic acids is 1. The van der Waals surface area contributed by atoms with E-state index in [0.717, 1.165) is 36.4 Å². The quantitative estimate of drug-likeness (QED) is 0.717. The molecule has 3 aromatic heterocycles. The van der Waals surface area contributed by atoms with Crippen LogP contribution in [0.2, 0.25) is 0 Å². The van der Waals surface area contributed by atoms with Gasteiger partial charge in [-0.25, -0.2) is 9.97 Å². The van der Waals surface area contributed by atoms with E-state index in [-0.39, 0.29) is 11.9 Å². The molecule has 25 heavy (non-hydrogen) atoms. The van der Waals surface area contributed by atoms with E-state index >= 15 is 0 Å². The number of hydrogen-bond acceptors (Lipinski definition) is 5. The number of nitrogens with zero attached hydrogens (tertiary/aromatic N) is 4. The van der Waals surface area contributed by atoms with Gasteiger partial charge < -0.3 is 4.90 Å². The molecule has 4 heterocycles. The van der Waals surface area contributed by atoms with E-state index in [1.807, 2.05) is 40.6 Å². The minimum atomic E-state index is -0.0203. The van der Waals surface area contributed by atoms with Gasteiger partial charge in [-0.3, -0.25) is 9.78 Å². The summed E-state index contributed by atoms with van der Waals surface area (Å²) in [6.45, 7) is 0.743. The van der Waals surface area contributed by atoms with Crippen molar-refractivity contribution in [3.8, 4) is 10.7 Å². The van der Waals surface area contributed by atoms with Crippen LogP contribution in [0.3, 0.4) is 0 Å². The largest absolute Gasteiger partial charge is 0.330 e. The molecule has 3 aromatic rings. The fourth-order valence-corrected chi connectivity index (χ4v) is 3.86. The highest BCUT2D eigenvalue weighted by atomic mass is 32.1. The van der Waals surface area contributed by atoms with Crippen LogP contribution in [0, 0.1) is 0 Å². The van der Waals surface area contributed by atoms with Gasteiger partial charge >= 0.3 is 0 Å². The summed E-state index contributed by atoms with van der Waals surface area (Å²) in [6.07, 6.45) is 8.12. The number of pyridine rings is 1. The Morgan fingerprint density at radius 1 is 1.08 bits per heavy atom. The number of aromatic nitrogens is 3. The van der Waals surface area contributed by atoms with Gasteiger partial charge in [0.2, 0.25) is 0 Å². The van der Waals surface area contributed by atoms with E-state index in [1.165, 1.54) is 0 Å². The van der Waals surface area contributed by atoms with Gasteiger partial charge in [0.15, 0.2) is 5.82 Å². The highest BCUT2D eigenvalue weighted by molar-refractivity contribution is 7.13. The average Bonchev–Trinajstić information content (AvgIpc) is 3.23. The van der Waals surface area contributed by atoms with Crippen LogP contribution in [-0.4, -0.2) is 32.3 Å². The van der Waals surface area contributed by atoms with Crippen LogP contribution >= 0.6 is 11.3 Å². The molecule has 4 rings (SSSR count). The molecular formula is C19H18N4OS. The van der Waals surface area contributed by atoms with Gasteiger partial charge in [0.25, 0.3) is 5.91 Å². The second-order valence-electron chi connectivity index (χ2n) is 6.04. The summed E-state index contributed by atoms with van der Waals surface area (Å²) in [5.74, 6) is 0.638. The number of amides is 1. The third-order valence-electron chi connectivity index (χ3n) is 4.43. The molecule has 0 saturated carbocycles. The van der Waals surface area contributed by atoms with Gasteiger partial charge in [0.05, 0.1) is 22.2 Å². The first-order valence-electron chi connectivity index (χ1n) is 8.41. The normalized spacial score (nSPS) is 17.4. The molecule has 0 N–H and O–H groups in total. The number of rotatable bonds is 3. The van der Waals surface area contributed by atoms with Gasteiger partial charge in [-0.15, -0.1) is 11.3 Å². The van der Waals surface area contributed by atoms with Crippen molar-refractivity contribution in [3.05, 3.63) is 65.6 Å². The second-order valence-corrected chi connectivity index (χ2v) is 6.99. The molecule has 1 aliphatic rings. The molecule has 1 amide bonds. The van der Waals surface area contributed by atoms with Gasteiger partial charge in [-0.2, -0.15) is 0 Å². The Kier molecular flexibility index (Phi) is 4.52. The molecule has 0 spiro atoms. The molecule has 1 atom stereocenters. The van der Waals surface area contributed by atoms with Crippen LogP contribution in [0.5, 0.6) is 0 Å². The van der Waals surface area contributed by atoms with Gasteiger partial charge in [-0.05, 0) is 42.8 Å². The summed E-state index contributed by atoms with van der Waals surface area (Å²) in [5.41, 5.74) is 1.48. The van der Waals surface area contributed by atoms with Crippen molar-refractivity contribution in [1.82, 2.24) is 19.9 Å². The first kappa shape index (κ1) is 15.9. The maximum atomic E-state index is 13.0. The monoisotopic (exact) mass is 350 g/mol. The summed E-state index contributed by atoms with van der Waals surface area (Å²) < 4.78 is 0. The molecule has 1 aliphatic heterocycles. The second kappa shape index (κ2) is 7.11. The number of piperidine rings is 1. The highest BCUT2D eigenvalue weighted by Gasteiger charge is 2.29. The molecule has 0 unspecified atom stereocenters. The zero-order chi connectivity index (χ0) is 17.1. The van der Waals surface area contributed by atoms with Crippen molar-refractivity contribution in [2.75, 3.05) is 6.54 Å². The molecule has 0 aliphatic carbocycles. The van der Waals surface area contributed by atoms with Crippen molar-refractivity contribution >= 4 is 17.2 Å². The van der Waals surface area contributed by atoms with E-state index in [0.29, 0.717) is 11.4 Å². The molecule has 0 bridgehead atoms. The number of thiophene rings is 1. The lowest BCUT2D eigenvalue weighted by Crippen LogP contribution is -2.39. The number of hydrogen-bond donors (Lipinski definition) is 0. The summed E-state index contributed by atoms with van der Waals surface area (Å²) in [6, 6.07) is 9.83. The molecule has 0 radical (unpaired) electrons. The van der Waals surface area contributed by atoms with Crippen molar-refractivity contribution in [1.29, 1.82) is 0 Å². The zero-order valence-corrected chi connectivity index (χ0v) is 14.5. The minimum absolute atomic E-state index is 0.0203. The predicted molar refractivity (Wildman–Crippen MR) is 97.2 cm³/mol. The van der Waals surface area contributed by atoms with Gasteiger partial charge in [0, 0.05) is 25.1 Å². The molecule has 0 aromatic carbocycles. The molecule has 1 saturated heterocycles. The summed E-state index contributed by atoms with van der Waals surface area (Å²) in [5, 5.41) is 1.99. The maximum Gasteiger partial charge on any atom is 0.257 e. The summed E-state index contributed by atoms with van der Waals surface area (Å²) in [7, 11) is 0. The van der Waals surface area contributed by atoms with Crippen LogP contribution < -0.4 is 0 Å². The molecular weight excluding hydrogens is 332 g/mol. The van der Waals surface area contributed by atoms with Crippen LogP contribution in [-0.2, 0) is 0 Å². The lowest BCUT2D eigenvalue weighted by molar-refractivity contribution is 0.0605. The van der Waals surface area contributed by atoms with Crippen LogP contribution in [0.15, 0.2) is 54.3 Å². The Balaban J connectivity index is 1.58. The Hall–Kier alpha value is -2.60. The summed E-state index contributed by atoms with van der Waals surface area (Å²) >= 11 is 1.59. The van der Waals surface area contributed by atoms with Crippen LogP contribution in [0.1, 0.15) is 41.4 Å². The smallest absolute Gasteiger partial charge is 0.257 e. The molecule has 6 heteroatoms.